The second-order valence-electron chi connectivity index (χ2n) is 4.25. The highest BCUT2D eigenvalue weighted by Gasteiger charge is 2.19. The molecule has 0 bridgehead atoms. The number of carbonyl (C=O) groups excluding carboxylic acids is 1. The minimum absolute atomic E-state index is 0.0594. The van der Waals surface area contributed by atoms with Crippen molar-refractivity contribution in [3.63, 3.8) is 0 Å². The first kappa shape index (κ1) is 14.5. The topological polar surface area (TPSA) is 57.6 Å². The van der Waals surface area contributed by atoms with Crippen molar-refractivity contribution in [2.75, 3.05) is 6.54 Å². The van der Waals surface area contributed by atoms with E-state index in [1.54, 1.807) is 24.3 Å². The number of rotatable bonds is 5. The molecule has 0 saturated carbocycles. The van der Waals surface area contributed by atoms with Crippen LogP contribution in [0, 0.1) is 0 Å². The fourth-order valence-electron chi connectivity index (χ4n) is 1.60. The van der Waals surface area contributed by atoms with Gasteiger partial charge in [0.1, 0.15) is 0 Å². The molecule has 1 aromatic carbocycles. The van der Waals surface area contributed by atoms with Crippen molar-refractivity contribution in [3.8, 4) is 0 Å². The second kappa shape index (κ2) is 6.40. The van der Waals surface area contributed by atoms with Gasteiger partial charge in [-0.25, -0.2) is 0 Å². The number of carbonyl (C=O) groups is 2. The lowest BCUT2D eigenvalue weighted by Gasteiger charge is -2.26. The largest absolute Gasteiger partial charge is 0.481 e. The Morgan fingerprint density at radius 3 is 2.56 bits per heavy atom. The first-order valence-corrected chi connectivity index (χ1v) is 6.08. The van der Waals surface area contributed by atoms with Crippen molar-refractivity contribution in [2.24, 2.45) is 0 Å². The molecule has 0 radical (unpaired) electrons. The quantitative estimate of drug-likeness (QED) is 0.894. The normalized spacial score (nSPS) is 10.4. The molecule has 0 aromatic heterocycles. The third kappa shape index (κ3) is 4.04. The van der Waals surface area contributed by atoms with Crippen molar-refractivity contribution in [1.29, 1.82) is 0 Å². The van der Waals surface area contributed by atoms with Gasteiger partial charge in [0.25, 0.3) is 5.91 Å². The molecule has 0 spiro atoms. The summed E-state index contributed by atoms with van der Waals surface area (Å²) in [4.78, 5) is 24.3. The van der Waals surface area contributed by atoms with Gasteiger partial charge in [0.15, 0.2) is 0 Å². The van der Waals surface area contributed by atoms with Crippen LogP contribution in [0.25, 0.3) is 0 Å². The van der Waals surface area contributed by atoms with Gasteiger partial charge in [0.2, 0.25) is 0 Å². The summed E-state index contributed by atoms with van der Waals surface area (Å²) < 4.78 is 0. The molecule has 1 rings (SSSR count). The molecule has 98 valence electrons. The molecule has 18 heavy (non-hydrogen) atoms. The second-order valence-corrected chi connectivity index (χ2v) is 4.68. The lowest BCUT2D eigenvalue weighted by atomic mass is 10.1. The van der Waals surface area contributed by atoms with Crippen LogP contribution in [0.5, 0.6) is 0 Å². The van der Waals surface area contributed by atoms with Crippen molar-refractivity contribution in [2.45, 2.75) is 26.3 Å². The summed E-state index contributed by atoms with van der Waals surface area (Å²) >= 11 is 5.84. The van der Waals surface area contributed by atoms with Gasteiger partial charge in [-0.2, -0.15) is 0 Å². The average Bonchev–Trinajstić information content (AvgIpc) is 2.28. The Kier molecular flexibility index (Phi) is 5.16. The van der Waals surface area contributed by atoms with E-state index in [2.05, 4.69) is 0 Å². The number of amides is 1. The van der Waals surface area contributed by atoms with E-state index in [1.165, 1.54) is 4.90 Å². The maximum atomic E-state index is 12.2. The summed E-state index contributed by atoms with van der Waals surface area (Å²) in [6.07, 6.45) is -0.0650. The average molecular weight is 270 g/mol. The zero-order valence-electron chi connectivity index (χ0n) is 10.4. The van der Waals surface area contributed by atoms with E-state index in [0.29, 0.717) is 10.6 Å². The van der Waals surface area contributed by atoms with Crippen LogP contribution >= 0.6 is 11.6 Å². The first-order chi connectivity index (χ1) is 8.41. The maximum Gasteiger partial charge on any atom is 0.305 e. The predicted molar refractivity (Wildman–Crippen MR) is 69.9 cm³/mol. The number of halogens is 1. The summed E-state index contributed by atoms with van der Waals surface area (Å²) in [5.41, 5.74) is 0.474. The fourth-order valence-corrected chi connectivity index (χ4v) is 1.79. The Morgan fingerprint density at radius 2 is 2.06 bits per heavy atom. The van der Waals surface area contributed by atoms with Gasteiger partial charge < -0.3 is 10.0 Å². The molecule has 0 aliphatic rings. The SMILES string of the molecule is CC(C)N(CCC(=O)O)C(=O)c1cccc(Cl)c1. The highest BCUT2D eigenvalue weighted by Crippen LogP contribution is 2.14. The van der Waals surface area contributed by atoms with E-state index >= 15 is 0 Å². The maximum absolute atomic E-state index is 12.2. The standard InChI is InChI=1S/C13H16ClNO3/c1-9(2)15(7-6-12(16)17)13(18)10-4-3-5-11(14)8-10/h3-5,8-9H,6-7H2,1-2H3,(H,16,17). The highest BCUT2D eigenvalue weighted by molar-refractivity contribution is 6.30. The molecule has 1 amide bonds. The molecule has 0 heterocycles. The molecule has 5 heteroatoms. The van der Waals surface area contributed by atoms with Crippen molar-refractivity contribution in [3.05, 3.63) is 34.9 Å². The Bertz CT molecular complexity index is 446. The Hall–Kier alpha value is -1.55. The van der Waals surface area contributed by atoms with E-state index in [0.717, 1.165) is 0 Å². The summed E-state index contributed by atoms with van der Waals surface area (Å²) in [7, 11) is 0. The lowest BCUT2D eigenvalue weighted by molar-refractivity contribution is -0.137. The van der Waals surface area contributed by atoms with Crippen LogP contribution in [0.2, 0.25) is 5.02 Å². The molecule has 0 aliphatic carbocycles. The van der Waals surface area contributed by atoms with Gasteiger partial charge in [-0.15, -0.1) is 0 Å². The number of benzene rings is 1. The van der Waals surface area contributed by atoms with E-state index in [1.807, 2.05) is 13.8 Å². The van der Waals surface area contributed by atoms with Gasteiger partial charge in [-0.3, -0.25) is 9.59 Å². The monoisotopic (exact) mass is 269 g/mol. The molecule has 4 nitrogen and oxygen atoms in total. The van der Waals surface area contributed by atoms with Crippen LogP contribution in [-0.2, 0) is 4.79 Å². The van der Waals surface area contributed by atoms with Crippen LogP contribution in [0.15, 0.2) is 24.3 Å². The van der Waals surface area contributed by atoms with Crippen LogP contribution in [0.1, 0.15) is 30.6 Å². The zero-order chi connectivity index (χ0) is 13.7. The van der Waals surface area contributed by atoms with Crippen LogP contribution < -0.4 is 0 Å². The third-order valence-corrected chi connectivity index (χ3v) is 2.76. The van der Waals surface area contributed by atoms with Gasteiger partial charge in [-0.1, -0.05) is 17.7 Å². The number of nitrogens with zero attached hydrogens (tertiary/aromatic N) is 1. The Labute approximate surface area is 111 Å². The van der Waals surface area contributed by atoms with Crippen molar-refractivity contribution in [1.82, 2.24) is 4.90 Å². The summed E-state index contributed by atoms with van der Waals surface area (Å²) in [6.45, 7) is 3.90. The molecule has 0 unspecified atom stereocenters. The predicted octanol–water partition coefficient (Wildman–Crippen LogP) is 2.67. The highest BCUT2D eigenvalue weighted by atomic mass is 35.5. The summed E-state index contributed by atoms with van der Waals surface area (Å²) in [5, 5.41) is 9.17. The Morgan fingerprint density at radius 1 is 1.39 bits per heavy atom. The van der Waals surface area contributed by atoms with Crippen LogP contribution in [0.3, 0.4) is 0 Å². The number of hydrogen-bond acceptors (Lipinski definition) is 2. The smallest absolute Gasteiger partial charge is 0.305 e. The van der Waals surface area contributed by atoms with Crippen molar-refractivity contribution >= 4 is 23.5 Å². The number of carboxylic acids is 1. The van der Waals surface area contributed by atoms with E-state index < -0.39 is 5.97 Å². The molecule has 1 aromatic rings. The summed E-state index contributed by atoms with van der Waals surface area (Å²) in [6, 6.07) is 6.58. The van der Waals surface area contributed by atoms with Crippen LogP contribution in [-0.4, -0.2) is 34.5 Å². The number of aliphatic carboxylic acids is 1. The molecule has 0 atom stereocenters. The van der Waals surface area contributed by atoms with Crippen LogP contribution in [0.4, 0.5) is 0 Å². The lowest BCUT2D eigenvalue weighted by Crippen LogP contribution is -2.38. The van der Waals surface area contributed by atoms with Gasteiger partial charge in [0, 0.05) is 23.2 Å². The number of carboxylic acid groups (broad SMARTS) is 1. The molecule has 0 aliphatic heterocycles. The first-order valence-electron chi connectivity index (χ1n) is 5.70. The molecular weight excluding hydrogens is 254 g/mol. The molecule has 0 saturated heterocycles. The molecule has 0 fully saturated rings. The minimum Gasteiger partial charge on any atom is -0.481 e. The molecule has 1 N–H and O–H groups in total. The summed E-state index contributed by atoms with van der Waals surface area (Å²) in [5.74, 6) is -1.12. The fraction of sp³-hybridized carbons (Fsp3) is 0.385. The van der Waals surface area contributed by atoms with Crippen molar-refractivity contribution < 1.29 is 14.7 Å². The van der Waals surface area contributed by atoms with Gasteiger partial charge >= 0.3 is 5.97 Å². The van der Waals surface area contributed by atoms with E-state index in [9.17, 15) is 9.59 Å². The van der Waals surface area contributed by atoms with Gasteiger partial charge in [-0.05, 0) is 32.0 Å². The van der Waals surface area contributed by atoms with Gasteiger partial charge in [0.05, 0.1) is 6.42 Å². The third-order valence-electron chi connectivity index (χ3n) is 2.52. The molecular formula is C13H16ClNO3. The van der Waals surface area contributed by atoms with E-state index in [-0.39, 0.29) is 24.9 Å². The zero-order valence-corrected chi connectivity index (χ0v) is 11.1. The minimum atomic E-state index is -0.917. The van der Waals surface area contributed by atoms with E-state index in [4.69, 9.17) is 16.7 Å². The Balaban J connectivity index is 2.85. The number of hydrogen-bond donors (Lipinski definition) is 1.